The summed E-state index contributed by atoms with van der Waals surface area (Å²) in [5.41, 5.74) is 1.51. The van der Waals surface area contributed by atoms with Gasteiger partial charge in [0.05, 0.1) is 13.0 Å². The predicted molar refractivity (Wildman–Crippen MR) is 81.1 cm³/mol. The van der Waals surface area contributed by atoms with Crippen molar-refractivity contribution in [2.45, 2.75) is 23.7 Å². The maximum absolute atomic E-state index is 11.5. The van der Waals surface area contributed by atoms with Crippen molar-refractivity contribution in [2.24, 2.45) is 5.92 Å². The second-order valence-electron chi connectivity index (χ2n) is 5.64. The molecule has 0 N–H and O–H groups in total. The highest BCUT2D eigenvalue weighted by Gasteiger charge is 2.29. The number of rotatable bonds is 3. The van der Waals surface area contributed by atoms with Crippen LogP contribution in [0.2, 0.25) is 0 Å². The highest BCUT2D eigenvalue weighted by atomic mass is 32.2. The fraction of sp³-hybridized carbons (Fsp3) is 0.562. The van der Waals surface area contributed by atoms with Gasteiger partial charge < -0.3 is 9.64 Å². The number of hydrogen-bond acceptors (Lipinski definition) is 4. The first kappa shape index (κ1) is 14.0. The van der Waals surface area contributed by atoms with E-state index in [1.165, 1.54) is 23.3 Å². The number of piperidine rings is 1. The number of likely N-dealkylation sites (tertiary alicyclic amines) is 1. The average molecular weight is 291 g/mol. The average Bonchev–Trinajstić information content (AvgIpc) is 2.91. The van der Waals surface area contributed by atoms with E-state index in [-0.39, 0.29) is 11.9 Å². The van der Waals surface area contributed by atoms with E-state index in [4.69, 9.17) is 4.74 Å². The molecule has 0 amide bonds. The van der Waals surface area contributed by atoms with Crippen LogP contribution >= 0.6 is 11.8 Å². The highest BCUT2D eigenvalue weighted by Crippen LogP contribution is 2.39. The minimum absolute atomic E-state index is 0.0357. The standard InChI is InChI=1S/C16H21NO2S/c1-19-16(18)12-6-8-17(9-7-12)10-13-11-20-15-5-3-2-4-14(13)15/h2-5,12-13H,6-11H2,1H3. The number of thioether (sulfide) groups is 1. The summed E-state index contributed by atoms with van der Waals surface area (Å²) in [5.74, 6) is 1.91. The third-order valence-corrected chi connectivity index (χ3v) is 5.65. The van der Waals surface area contributed by atoms with Crippen molar-refractivity contribution in [2.75, 3.05) is 32.5 Å². The zero-order chi connectivity index (χ0) is 13.9. The van der Waals surface area contributed by atoms with Crippen molar-refractivity contribution < 1.29 is 9.53 Å². The third kappa shape index (κ3) is 2.86. The maximum atomic E-state index is 11.5. The van der Waals surface area contributed by atoms with E-state index in [9.17, 15) is 4.79 Å². The van der Waals surface area contributed by atoms with Gasteiger partial charge in [0.2, 0.25) is 0 Å². The highest BCUT2D eigenvalue weighted by molar-refractivity contribution is 7.99. The van der Waals surface area contributed by atoms with E-state index in [1.54, 1.807) is 0 Å². The Morgan fingerprint density at radius 1 is 1.35 bits per heavy atom. The minimum Gasteiger partial charge on any atom is -0.469 e. The second kappa shape index (κ2) is 6.19. The summed E-state index contributed by atoms with van der Waals surface area (Å²) in [6.07, 6.45) is 1.88. The van der Waals surface area contributed by atoms with Crippen molar-refractivity contribution in [3.05, 3.63) is 29.8 Å². The first-order valence-electron chi connectivity index (χ1n) is 7.30. The van der Waals surface area contributed by atoms with Gasteiger partial charge in [-0.25, -0.2) is 0 Å². The molecule has 20 heavy (non-hydrogen) atoms. The normalized spacial score (nSPS) is 23.6. The Balaban J connectivity index is 1.55. The van der Waals surface area contributed by atoms with Crippen molar-refractivity contribution in [1.29, 1.82) is 0 Å². The second-order valence-corrected chi connectivity index (χ2v) is 6.71. The van der Waals surface area contributed by atoms with Crippen molar-refractivity contribution >= 4 is 17.7 Å². The summed E-state index contributed by atoms with van der Waals surface area (Å²) < 4.78 is 4.84. The van der Waals surface area contributed by atoms with Crippen LogP contribution in [0.5, 0.6) is 0 Å². The lowest BCUT2D eigenvalue weighted by Crippen LogP contribution is -2.39. The lowest BCUT2D eigenvalue weighted by Gasteiger charge is -2.32. The molecule has 1 aromatic rings. The number of fused-ring (bicyclic) bond motifs is 1. The lowest BCUT2D eigenvalue weighted by molar-refractivity contribution is -0.147. The quantitative estimate of drug-likeness (QED) is 0.801. The molecule has 0 aliphatic carbocycles. The van der Waals surface area contributed by atoms with Gasteiger partial charge in [-0.15, -0.1) is 11.8 Å². The number of benzene rings is 1. The smallest absolute Gasteiger partial charge is 0.308 e. The van der Waals surface area contributed by atoms with Crippen LogP contribution in [0.25, 0.3) is 0 Å². The summed E-state index contributed by atoms with van der Waals surface area (Å²) in [7, 11) is 1.49. The first-order valence-corrected chi connectivity index (χ1v) is 8.28. The van der Waals surface area contributed by atoms with Crippen LogP contribution in [-0.4, -0.2) is 43.4 Å². The Hall–Kier alpha value is -1.00. The molecule has 0 saturated carbocycles. The van der Waals surface area contributed by atoms with Gasteiger partial charge in [-0.1, -0.05) is 18.2 Å². The van der Waals surface area contributed by atoms with Crippen LogP contribution in [0.15, 0.2) is 29.2 Å². The first-order chi connectivity index (χ1) is 9.78. The van der Waals surface area contributed by atoms with Gasteiger partial charge in [0.1, 0.15) is 0 Å². The molecule has 1 unspecified atom stereocenters. The van der Waals surface area contributed by atoms with E-state index >= 15 is 0 Å². The van der Waals surface area contributed by atoms with E-state index in [0.29, 0.717) is 5.92 Å². The fourth-order valence-electron chi connectivity index (χ4n) is 3.21. The van der Waals surface area contributed by atoms with Crippen LogP contribution in [0, 0.1) is 5.92 Å². The van der Waals surface area contributed by atoms with Crippen LogP contribution in [0.3, 0.4) is 0 Å². The van der Waals surface area contributed by atoms with Gasteiger partial charge in [-0.3, -0.25) is 4.79 Å². The topological polar surface area (TPSA) is 29.5 Å². The van der Waals surface area contributed by atoms with Crippen molar-refractivity contribution in [3.8, 4) is 0 Å². The molecule has 1 fully saturated rings. The number of nitrogens with zero attached hydrogens (tertiary/aromatic N) is 1. The van der Waals surface area contributed by atoms with E-state index in [1.807, 2.05) is 11.8 Å². The number of carbonyl (C=O) groups excluding carboxylic acids is 1. The van der Waals surface area contributed by atoms with E-state index < -0.39 is 0 Å². The molecule has 1 saturated heterocycles. The third-order valence-electron chi connectivity index (χ3n) is 4.40. The molecule has 4 heteroatoms. The molecule has 2 aliphatic heterocycles. The summed E-state index contributed by atoms with van der Waals surface area (Å²) in [5, 5.41) is 0. The van der Waals surface area contributed by atoms with Crippen LogP contribution in [-0.2, 0) is 9.53 Å². The van der Waals surface area contributed by atoms with Crippen LogP contribution < -0.4 is 0 Å². The molecule has 0 bridgehead atoms. The zero-order valence-electron chi connectivity index (χ0n) is 11.9. The number of carbonyl (C=O) groups is 1. The van der Waals surface area contributed by atoms with Gasteiger partial charge in [0, 0.05) is 23.1 Å². The summed E-state index contributed by atoms with van der Waals surface area (Å²) in [6, 6.07) is 8.75. The van der Waals surface area contributed by atoms with E-state index in [2.05, 4.69) is 29.2 Å². The molecule has 2 heterocycles. The maximum Gasteiger partial charge on any atom is 0.308 e. The SMILES string of the molecule is COC(=O)C1CCN(CC2CSc3ccccc32)CC1. The van der Waals surface area contributed by atoms with Gasteiger partial charge in [-0.05, 0) is 37.6 Å². The molecular formula is C16H21NO2S. The summed E-state index contributed by atoms with van der Waals surface area (Å²) >= 11 is 1.97. The molecule has 3 rings (SSSR count). The number of hydrogen-bond donors (Lipinski definition) is 0. The Kier molecular flexibility index (Phi) is 4.32. The predicted octanol–water partition coefficient (Wildman–Crippen LogP) is 2.76. The van der Waals surface area contributed by atoms with Crippen molar-refractivity contribution in [1.82, 2.24) is 4.90 Å². The number of esters is 1. The lowest BCUT2D eigenvalue weighted by atomic mass is 9.95. The Labute approximate surface area is 124 Å². The monoisotopic (exact) mass is 291 g/mol. The molecule has 1 aromatic carbocycles. The number of ether oxygens (including phenoxy) is 1. The molecule has 0 radical (unpaired) electrons. The van der Waals surface area contributed by atoms with Gasteiger partial charge in [0.25, 0.3) is 0 Å². The van der Waals surface area contributed by atoms with Gasteiger partial charge in [0.15, 0.2) is 0 Å². The molecule has 108 valence electrons. The number of methoxy groups -OCH3 is 1. The largest absolute Gasteiger partial charge is 0.469 e. The Morgan fingerprint density at radius 3 is 2.85 bits per heavy atom. The molecule has 2 aliphatic rings. The fourth-order valence-corrected chi connectivity index (χ4v) is 4.45. The van der Waals surface area contributed by atoms with Gasteiger partial charge in [-0.2, -0.15) is 0 Å². The van der Waals surface area contributed by atoms with Crippen molar-refractivity contribution in [3.63, 3.8) is 0 Å². The Morgan fingerprint density at radius 2 is 2.10 bits per heavy atom. The van der Waals surface area contributed by atoms with Crippen LogP contribution in [0.4, 0.5) is 0 Å². The zero-order valence-corrected chi connectivity index (χ0v) is 12.7. The molecule has 1 atom stereocenters. The molecule has 0 aromatic heterocycles. The van der Waals surface area contributed by atoms with E-state index in [0.717, 1.165) is 32.5 Å². The van der Waals surface area contributed by atoms with Gasteiger partial charge >= 0.3 is 5.97 Å². The summed E-state index contributed by atoms with van der Waals surface area (Å²) in [6.45, 7) is 3.16. The van der Waals surface area contributed by atoms with Crippen LogP contribution in [0.1, 0.15) is 24.3 Å². The minimum atomic E-state index is -0.0357. The molecule has 3 nitrogen and oxygen atoms in total. The molecule has 0 spiro atoms. The summed E-state index contributed by atoms with van der Waals surface area (Å²) in [4.78, 5) is 15.5. The Bertz CT molecular complexity index is 483. The molecular weight excluding hydrogens is 270 g/mol.